The van der Waals surface area contributed by atoms with Crippen LogP contribution in [-0.4, -0.2) is 26.7 Å². The van der Waals surface area contributed by atoms with Gasteiger partial charge in [-0.3, -0.25) is 0 Å². The maximum atomic E-state index is 2.47. The van der Waals surface area contributed by atoms with E-state index in [-0.39, 0.29) is 0 Å². The third-order valence-corrected chi connectivity index (χ3v) is 4.66. The van der Waals surface area contributed by atoms with Crippen molar-refractivity contribution in [3.05, 3.63) is 35.4 Å². The molecule has 0 bridgehead atoms. The number of piperidine rings is 1. The topological polar surface area (TPSA) is 21.1 Å². The highest BCUT2D eigenvalue weighted by atomic mass is 15.1. The van der Waals surface area contributed by atoms with Crippen molar-refractivity contribution in [1.82, 2.24) is 0 Å². The molecule has 2 aliphatic heterocycles. The quantitative estimate of drug-likeness (QED) is 0.668. The number of nitrogens with two attached hydrogens (primary N) is 1. The zero-order chi connectivity index (χ0) is 11.7. The number of hydrogen-bond donors (Lipinski definition) is 2. The fourth-order valence-electron chi connectivity index (χ4n) is 3.76. The van der Waals surface area contributed by atoms with Gasteiger partial charge < -0.3 is 10.2 Å². The van der Waals surface area contributed by atoms with Crippen LogP contribution in [0.1, 0.15) is 30.0 Å². The van der Waals surface area contributed by atoms with Crippen molar-refractivity contribution in [1.29, 1.82) is 0 Å². The van der Waals surface area contributed by atoms with E-state index in [0.717, 1.165) is 12.0 Å². The molecule has 1 saturated heterocycles. The lowest BCUT2D eigenvalue weighted by molar-refractivity contribution is -0.920. The first kappa shape index (κ1) is 11.2. The van der Waals surface area contributed by atoms with Crippen LogP contribution in [0.2, 0.25) is 0 Å². The number of quaternary nitrogens is 2. The number of rotatable bonds is 1. The third kappa shape index (κ3) is 2.12. The van der Waals surface area contributed by atoms with E-state index in [9.17, 15) is 0 Å². The van der Waals surface area contributed by atoms with Gasteiger partial charge in [0.15, 0.2) is 0 Å². The molecule has 2 heteroatoms. The largest absolute Gasteiger partial charge is 0.346 e. The number of likely N-dealkylation sites (N-methyl/N-ethyl adjacent to an activating group) is 1. The van der Waals surface area contributed by atoms with Crippen molar-refractivity contribution in [3.8, 4) is 0 Å². The lowest BCUT2D eigenvalue weighted by Crippen LogP contribution is -3.11. The molecule has 1 aromatic carbocycles. The summed E-state index contributed by atoms with van der Waals surface area (Å²) in [6.45, 7) is 3.97. The van der Waals surface area contributed by atoms with E-state index >= 15 is 0 Å². The summed E-state index contributed by atoms with van der Waals surface area (Å²) < 4.78 is 0. The van der Waals surface area contributed by atoms with Crippen molar-refractivity contribution < 1.29 is 10.2 Å². The molecule has 0 aliphatic carbocycles. The Bertz CT molecular complexity index is 382. The lowest BCUT2D eigenvalue weighted by atomic mass is 9.81. The molecule has 1 fully saturated rings. The highest BCUT2D eigenvalue weighted by Crippen LogP contribution is 2.29. The first-order valence-electron chi connectivity index (χ1n) is 7.08. The summed E-state index contributed by atoms with van der Waals surface area (Å²) in [5.74, 6) is 0.904. The van der Waals surface area contributed by atoms with E-state index in [1.54, 1.807) is 16.0 Å². The van der Waals surface area contributed by atoms with Crippen LogP contribution >= 0.6 is 0 Å². The monoisotopic (exact) mass is 232 g/mol. The van der Waals surface area contributed by atoms with Gasteiger partial charge in [-0.25, -0.2) is 0 Å². The van der Waals surface area contributed by atoms with Crippen molar-refractivity contribution in [2.45, 2.75) is 25.3 Å². The van der Waals surface area contributed by atoms with E-state index in [4.69, 9.17) is 0 Å². The molecule has 2 nitrogen and oxygen atoms in total. The van der Waals surface area contributed by atoms with Crippen LogP contribution in [-0.2, 0) is 6.42 Å². The molecular formula is C15H24N2+2. The van der Waals surface area contributed by atoms with E-state index in [2.05, 4.69) is 36.6 Å². The van der Waals surface area contributed by atoms with Gasteiger partial charge in [0.1, 0.15) is 6.04 Å². The van der Waals surface area contributed by atoms with Crippen LogP contribution in [0.4, 0.5) is 0 Å². The smallest absolute Gasteiger partial charge is 0.116 e. The predicted molar refractivity (Wildman–Crippen MR) is 69.0 cm³/mol. The Morgan fingerprint density at radius 2 is 1.94 bits per heavy atom. The molecule has 0 aromatic heterocycles. The molecule has 3 N–H and O–H groups in total. The highest BCUT2D eigenvalue weighted by molar-refractivity contribution is 5.30. The molecule has 2 atom stereocenters. The second-order valence-electron chi connectivity index (χ2n) is 5.73. The van der Waals surface area contributed by atoms with E-state index in [0.29, 0.717) is 0 Å². The first-order valence-corrected chi connectivity index (χ1v) is 7.08. The summed E-state index contributed by atoms with van der Waals surface area (Å²) in [5, 5.41) is 2.47. The fraction of sp³-hybridized carbons (Fsp3) is 0.600. The minimum Gasteiger partial charge on any atom is -0.346 e. The molecule has 1 unspecified atom stereocenters. The molecule has 3 rings (SSSR count). The molecule has 0 saturated carbocycles. The zero-order valence-electron chi connectivity index (χ0n) is 10.8. The fourth-order valence-corrected chi connectivity index (χ4v) is 3.76. The summed E-state index contributed by atoms with van der Waals surface area (Å²) >= 11 is 0. The van der Waals surface area contributed by atoms with Crippen LogP contribution in [0, 0.1) is 5.92 Å². The summed E-state index contributed by atoms with van der Waals surface area (Å²) in [4.78, 5) is 1.73. The summed E-state index contributed by atoms with van der Waals surface area (Å²) in [6, 6.07) is 9.89. The number of nitrogens with one attached hydrogen (secondary N) is 1. The average Bonchev–Trinajstić information content (AvgIpc) is 2.39. The van der Waals surface area contributed by atoms with Gasteiger partial charge in [-0.2, -0.15) is 0 Å². The van der Waals surface area contributed by atoms with E-state index in [1.807, 2.05) is 0 Å². The van der Waals surface area contributed by atoms with Gasteiger partial charge >= 0.3 is 0 Å². The molecule has 0 spiro atoms. The summed E-state index contributed by atoms with van der Waals surface area (Å²) in [7, 11) is 2.39. The van der Waals surface area contributed by atoms with Crippen LogP contribution in [0.25, 0.3) is 0 Å². The van der Waals surface area contributed by atoms with Gasteiger partial charge in [-0.1, -0.05) is 24.3 Å². The molecule has 0 amide bonds. The van der Waals surface area contributed by atoms with Crippen molar-refractivity contribution in [3.63, 3.8) is 0 Å². The Balaban J connectivity index is 1.91. The highest BCUT2D eigenvalue weighted by Gasteiger charge is 2.36. The van der Waals surface area contributed by atoms with Gasteiger partial charge in [0.2, 0.25) is 0 Å². The molecule has 92 valence electrons. The van der Waals surface area contributed by atoms with E-state index < -0.39 is 0 Å². The van der Waals surface area contributed by atoms with Gasteiger partial charge in [-0.05, 0) is 5.56 Å². The van der Waals surface area contributed by atoms with Gasteiger partial charge in [0.05, 0.1) is 26.7 Å². The lowest BCUT2D eigenvalue weighted by Gasteiger charge is -2.37. The van der Waals surface area contributed by atoms with Crippen LogP contribution in [0.15, 0.2) is 24.3 Å². The zero-order valence-corrected chi connectivity index (χ0v) is 10.8. The Kier molecular flexibility index (Phi) is 3.17. The maximum Gasteiger partial charge on any atom is 0.116 e. The standard InChI is InChI=1S/C15H22N2/c1-17-11-8-12-4-2-3-5-14(12)15(17)13-6-9-16-10-7-13/h2-5,13,15-16H,6-11H2,1H3/p+2/t15-/m1/s1. The second kappa shape index (κ2) is 4.79. The summed E-state index contributed by atoms with van der Waals surface area (Å²) in [6.07, 6.45) is 4.06. The minimum atomic E-state index is 0.758. The molecule has 17 heavy (non-hydrogen) atoms. The van der Waals surface area contributed by atoms with E-state index in [1.165, 1.54) is 38.9 Å². The van der Waals surface area contributed by atoms with Gasteiger partial charge in [0, 0.05) is 30.7 Å². The molecule has 1 aromatic rings. The van der Waals surface area contributed by atoms with Crippen molar-refractivity contribution in [2.24, 2.45) is 5.92 Å². The summed E-state index contributed by atoms with van der Waals surface area (Å²) in [5.41, 5.74) is 3.25. The Morgan fingerprint density at radius 1 is 1.18 bits per heavy atom. The normalized spacial score (nSPS) is 29.9. The Morgan fingerprint density at radius 3 is 2.76 bits per heavy atom. The molecular weight excluding hydrogens is 208 g/mol. The number of hydrogen-bond acceptors (Lipinski definition) is 0. The predicted octanol–water partition coefficient (Wildman–Crippen LogP) is -0.228. The average molecular weight is 232 g/mol. The maximum absolute atomic E-state index is 2.47. The van der Waals surface area contributed by atoms with Crippen molar-refractivity contribution >= 4 is 0 Å². The molecule has 2 aliphatic rings. The number of fused-ring (bicyclic) bond motifs is 1. The second-order valence-corrected chi connectivity index (χ2v) is 5.73. The Hall–Kier alpha value is -0.860. The molecule has 2 heterocycles. The van der Waals surface area contributed by atoms with Crippen LogP contribution in [0.3, 0.4) is 0 Å². The van der Waals surface area contributed by atoms with Crippen molar-refractivity contribution in [2.75, 3.05) is 26.7 Å². The number of benzene rings is 1. The SMILES string of the molecule is C[NH+]1CCc2ccccc2[C@H]1C1CC[NH2+]CC1. The van der Waals surface area contributed by atoms with Gasteiger partial charge in [-0.15, -0.1) is 0 Å². The first-order chi connectivity index (χ1) is 8.36. The van der Waals surface area contributed by atoms with Crippen LogP contribution in [0.5, 0.6) is 0 Å². The van der Waals surface area contributed by atoms with Crippen LogP contribution < -0.4 is 10.2 Å². The minimum absolute atomic E-state index is 0.758. The third-order valence-electron chi connectivity index (χ3n) is 4.66. The Labute approximate surface area is 104 Å². The van der Waals surface area contributed by atoms with Gasteiger partial charge in [0.25, 0.3) is 0 Å². The molecule has 0 radical (unpaired) electrons.